The molecule has 3 aromatic rings. The zero-order valence-electron chi connectivity index (χ0n) is 16.9. The Bertz CT molecular complexity index is 1080. The molecule has 0 saturated heterocycles. The average Bonchev–Trinajstić information content (AvgIpc) is 3.19. The highest BCUT2D eigenvalue weighted by molar-refractivity contribution is 5.89. The molecule has 4 rings (SSSR count). The van der Waals surface area contributed by atoms with Crippen LogP contribution in [0.2, 0.25) is 0 Å². The van der Waals surface area contributed by atoms with E-state index in [0.29, 0.717) is 12.3 Å². The lowest BCUT2D eigenvalue weighted by atomic mass is 9.99. The number of carbonyl (C=O) groups is 2. The summed E-state index contributed by atoms with van der Waals surface area (Å²) in [5.41, 5.74) is 4.63. The van der Waals surface area contributed by atoms with E-state index in [-0.39, 0.29) is 24.8 Å². The lowest BCUT2D eigenvalue weighted by Gasteiger charge is -2.33. The molecule has 2 aromatic heterocycles. The van der Waals surface area contributed by atoms with Crippen molar-refractivity contribution in [3.63, 3.8) is 0 Å². The number of amides is 1. The molecule has 3 heterocycles. The number of aliphatic carboxylic acids is 1. The third-order valence-corrected chi connectivity index (χ3v) is 6.08. The molecule has 0 bridgehead atoms. The van der Waals surface area contributed by atoms with Crippen molar-refractivity contribution in [3.05, 3.63) is 52.5 Å². The molecular weight excluding hydrogens is 370 g/mol. The van der Waals surface area contributed by atoms with Crippen LogP contribution in [0.15, 0.2) is 28.8 Å². The van der Waals surface area contributed by atoms with E-state index in [1.165, 1.54) is 0 Å². The van der Waals surface area contributed by atoms with Crippen LogP contribution in [-0.2, 0) is 35.4 Å². The van der Waals surface area contributed by atoms with Crippen molar-refractivity contribution < 1.29 is 19.2 Å². The minimum absolute atomic E-state index is 0.0221. The highest BCUT2D eigenvalue weighted by Gasteiger charge is 2.29. The van der Waals surface area contributed by atoms with Crippen molar-refractivity contribution in [1.29, 1.82) is 0 Å². The highest BCUT2D eigenvalue weighted by atomic mass is 16.5. The summed E-state index contributed by atoms with van der Waals surface area (Å²) in [6, 6.07) is 7.98. The van der Waals surface area contributed by atoms with E-state index in [4.69, 9.17) is 4.52 Å². The van der Waals surface area contributed by atoms with Crippen LogP contribution >= 0.6 is 0 Å². The van der Waals surface area contributed by atoms with Crippen LogP contribution in [0.4, 0.5) is 0 Å². The van der Waals surface area contributed by atoms with Gasteiger partial charge in [-0.05, 0) is 38.3 Å². The lowest BCUT2D eigenvalue weighted by Crippen LogP contribution is -2.43. The SMILES string of the molecule is Cc1noc(C)c1CC(=O)N(C)C1CCc2c(CC(=O)O)c3ccccc3n2C1. The molecule has 0 spiro atoms. The zero-order chi connectivity index (χ0) is 20.7. The summed E-state index contributed by atoms with van der Waals surface area (Å²) in [6.45, 7) is 4.34. The van der Waals surface area contributed by atoms with Gasteiger partial charge in [0.2, 0.25) is 5.91 Å². The van der Waals surface area contributed by atoms with Crippen molar-refractivity contribution in [1.82, 2.24) is 14.6 Å². The van der Waals surface area contributed by atoms with Crippen molar-refractivity contribution >= 4 is 22.8 Å². The molecule has 7 heteroatoms. The molecule has 7 nitrogen and oxygen atoms in total. The maximum Gasteiger partial charge on any atom is 0.307 e. The fourth-order valence-electron chi connectivity index (χ4n) is 4.43. The smallest absolute Gasteiger partial charge is 0.307 e. The summed E-state index contributed by atoms with van der Waals surface area (Å²) in [5, 5.41) is 14.3. The largest absolute Gasteiger partial charge is 0.481 e. The number of rotatable bonds is 5. The fourth-order valence-corrected chi connectivity index (χ4v) is 4.43. The number of nitrogens with zero attached hydrogens (tertiary/aromatic N) is 3. The molecule has 1 unspecified atom stereocenters. The number of fused-ring (bicyclic) bond motifs is 3. The monoisotopic (exact) mass is 395 g/mol. The summed E-state index contributed by atoms with van der Waals surface area (Å²) in [4.78, 5) is 26.1. The molecule has 0 radical (unpaired) electrons. The summed E-state index contributed by atoms with van der Waals surface area (Å²) < 4.78 is 7.37. The van der Waals surface area contributed by atoms with Crippen LogP contribution in [0.3, 0.4) is 0 Å². The molecule has 1 N–H and O–H groups in total. The Kier molecular flexibility index (Phi) is 4.90. The second-order valence-electron chi connectivity index (χ2n) is 7.80. The molecule has 1 amide bonds. The van der Waals surface area contributed by atoms with Crippen LogP contribution in [0.1, 0.15) is 34.7 Å². The number of carbonyl (C=O) groups excluding carboxylic acids is 1. The van der Waals surface area contributed by atoms with Crippen LogP contribution in [0, 0.1) is 13.8 Å². The van der Waals surface area contributed by atoms with Crippen LogP contribution < -0.4 is 0 Å². The van der Waals surface area contributed by atoms with Gasteiger partial charge in [0.25, 0.3) is 0 Å². The Morgan fingerprint density at radius 2 is 2.00 bits per heavy atom. The van der Waals surface area contributed by atoms with Crippen molar-refractivity contribution in [2.45, 2.75) is 52.1 Å². The summed E-state index contributed by atoms with van der Waals surface area (Å²) in [7, 11) is 1.85. The Balaban J connectivity index is 1.60. The van der Waals surface area contributed by atoms with Crippen LogP contribution in [0.25, 0.3) is 10.9 Å². The van der Waals surface area contributed by atoms with Gasteiger partial charge in [0, 0.05) is 41.8 Å². The molecule has 1 atom stereocenters. The van der Waals surface area contributed by atoms with E-state index < -0.39 is 5.97 Å². The van der Waals surface area contributed by atoms with Crippen molar-refractivity contribution in [3.8, 4) is 0 Å². The van der Waals surface area contributed by atoms with E-state index in [1.807, 2.05) is 50.1 Å². The van der Waals surface area contributed by atoms with Gasteiger partial charge in [0.15, 0.2) is 0 Å². The van der Waals surface area contributed by atoms with Gasteiger partial charge in [-0.25, -0.2) is 0 Å². The van der Waals surface area contributed by atoms with Gasteiger partial charge in [0.05, 0.1) is 18.5 Å². The second kappa shape index (κ2) is 7.39. The Morgan fingerprint density at radius 3 is 2.69 bits per heavy atom. The average molecular weight is 395 g/mol. The summed E-state index contributed by atoms with van der Waals surface area (Å²) in [5.74, 6) is -0.0991. The van der Waals surface area contributed by atoms with Gasteiger partial charge in [-0.1, -0.05) is 23.4 Å². The lowest BCUT2D eigenvalue weighted by molar-refractivity contribution is -0.136. The maximum absolute atomic E-state index is 12.9. The predicted molar refractivity (Wildman–Crippen MR) is 108 cm³/mol. The van der Waals surface area contributed by atoms with E-state index in [2.05, 4.69) is 9.72 Å². The van der Waals surface area contributed by atoms with Crippen molar-refractivity contribution in [2.75, 3.05) is 7.05 Å². The number of hydrogen-bond acceptors (Lipinski definition) is 4. The number of carboxylic acid groups (broad SMARTS) is 1. The van der Waals surface area contributed by atoms with Crippen LogP contribution in [-0.4, -0.2) is 44.7 Å². The van der Waals surface area contributed by atoms with E-state index >= 15 is 0 Å². The maximum atomic E-state index is 12.9. The molecule has 1 aliphatic rings. The molecule has 1 aromatic carbocycles. The number of hydrogen-bond donors (Lipinski definition) is 1. The normalized spacial score (nSPS) is 16.0. The predicted octanol–water partition coefficient (Wildman–Crippen LogP) is 2.89. The Hall–Kier alpha value is -3.09. The van der Waals surface area contributed by atoms with Gasteiger partial charge in [-0.15, -0.1) is 0 Å². The first-order chi connectivity index (χ1) is 13.9. The first-order valence-electron chi connectivity index (χ1n) is 9.85. The molecule has 152 valence electrons. The van der Waals surface area contributed by atoms with E-state index in [1.54, 1.807) is 0 Å². The minimum atomic E-state index is -0.821. The summed E-state index contributed by atoms with van der Waals surface area (Å²) in [6.07, 6.45) is 1.86. The van der Waals surface area contributed by atoms with Gasteiger partial charge < -0.3 is 19.1 Å². The van der Waals surface area contributed by atoms with Crippen LogP contribution in [0.5, 0.6) is 0 Å². The Labute approximate surface area is 168 Å². The fraction of sp³-hybridized carbons (Fsp3) is 0.409. The summed E-state index contributed by atoms with van der Waals surface area (Å²) >= 11 is 0. The topological polar surface area (TPSA) is 88.6 Å². The number of benzene rings is 1. The second-order valence-corrected chi connectivity index (χ2v) is 7.80. The molecule has 0 aliphatic carbocycles. The van der Waals surface area contributed by atoms with Gasteiger partial charge >= 0.3 is 5.97 Å². The van der Waals surface area contributed by atoms with Gasteiger partial charge in [-0.2, -0.15) is 0 Å². The number of aromatic nitrogens is 2. The molecule has 0 fully saturated rings. The number of aryl methyl sites for hydroxylation is 2. The van der Waals surface area contributed by atoms with Gasteiger partial charge in [0.1, 0.15) is 5.76 Å². The third-order valence-electron chi connectivity index (χ3n) is 6.08. The van der Waals surface area contributed by atoms with Crippen molar-refractivity contribution in [2.24, 2.45) is 0 Å². The number of likely N-dealkylation sites (N-methyl/N-ethyl adjacent to an activating group) is 1. The standard InChI is InChI=1S/C22H25N3O4/c1-13-17(14(2)29-23-13)10-21(26)24(3)15-8-9-20-18(11-22(27)28)16-6-4-5-7-19(16)25(20)12-15/h4-7,15H,8-12H2,1-3H3,(H,27,28). The first-order valence-corrected chi connectivity index (χ1v) is 9.85. The number of para-hydroxylation sites is 1. The quantitative estimate of drug-likeness (QED) is 0.718. The van der Waals surface area contributed by atoms with E-state index in [9.17, 15) is 14.7 Å². The molecule has 29 heavy (non-hydrogen) atoms. The Morgan fingerprint density at radius 1 is 1.24 bits per heavy atom. The highest BCUT2D eigenvalue weighted by Crippen LogP contribution is 2.32. The first kappa shape index (κ1) is 19.2. The van der Waals surface area contributed by atoms with Gasteiger partial charge in [-0.3, -0.25) is 9.59 Å². The molecule has 0 saturated carbocycles. The zero-order valence-corrected chi connectivity index (χ0v) is 16.9. The number of carboxylic acids is 1. The van der Waals surface area contributed by atoms with E-state index in [0.717, 1.165) is 46.3 Å². The molecular formula is C22H25N3O4. The minimum Gasteiger partial charge on any atom is -0.481 e. The third kappa shape index (κ3) is 3.41. The molecule has 1 aliphatic heterocycles.